The molecule has 0 unspecified atom stereocenters. The van der Waals surface area contributed by atoms with E-state index in [1.54, 1.807) is 33.8 Å². The Balaban J connectivity index is 2.33. The van der Waals surface area contributed by atoms with Gasteiger partial charge in [-0.25, -0.2) is 8.42 Å². The van der Waals surface area contributed by atoms with Crippen molar-refractivity contribution in [3.05, 3.63) is 29.3 Å². The van der Waals surface area contributed by atoms with Gasteiger partial charge in [0.2, 0.25) is 10.0 Å². The summed E-state index contributed by atoms with van der Waals surface area (Å²) in [6.45, 7) is 8.88. The van der Waals surface area contributed by atoms with E-state index in [-0.39, 0.29) is 30.1 Å². The van der Waals surface area contributed by atoms with E-state index in [1.165, 1.54) is 21.3 Å². The second-order valence-corrected chi connectivity index (χ2v) is 11.0. The van der Waals surface area contributed by atoms with E-state index in [9.17, 15) is 18.0 Å². The number of morpholine rings is 1. The zero-order valence-electron chi connectivity index (χ0n) is 19.9. The first-order valence-corrected chi connectivity index (χ1v) is 12.1. The highest BCUT2D eigenvalue weighted by Crippen LogP contribution is 2.22. The van der Waals surface area contributed by atoms with Crippen molar-refractivity contribution in [2.24, 2.45) is 0 Å². The molecule has 10 heteroatoms. The number of sulfonamides is 1. The molecule has 0 bridgehead atoms. The number of amides is 1. The quantitative estimate of drug-likeness (QED) is 0.531. The highest BCUT2D eigenvalue weighted by Gasteiger charge is 2.29. The third kappa shape index (κ3) is 7.26. The molecule has 0 N–H and O–H groups in total. The number of hydrogen-bond donors (Lipinski definition) is 0. The van der Waals surface area contributed by atoms with Gasteiger partial charge >= 0.3 is 5.97 Å². The number of carbonyl (C=O) groups excluding carboxylic acids is 2. The van der Waals surface area contributed by atoms with E-state index < -0.39 is 27.5 Å². The van der Waals surface area contributed by atoms with Crippen LogP contribution in [0.4, 0.5) is 0 Å². The molecule has 1 aliphatic rings. The van der Waals surface area contributed by atoms with E-state index in [4.69, 9.17) is 9.47 Å². The van der Waals surface area contributed by atoms with Crippen LogP contribution in [0, 0.1) is 6.92 Å². The van der Waals surface area contributed by atoms with Gasteiger partial charge in [0.15, 0.2) is 0 Å². The summed E-state index contributed by atoms with van der Waals surface area (Å²) in [5.41, 5.74) is 0.215. The van der Waals surface area contributed by atoms with Crippen LogP contribution >= 0.6 is 0 Å². The largest absolute Gasteiger partial charge is 0.459 e. The lowest BCUT2D eigenvalue weighted by molar-refractivity contribution is -0.155. The first kappa shape index (κ1) is 26.2. The first-order valence-electron chi connectivity index (χ1n) is 10.7. The molecule has 32 heavy (non-hydrogen) atoms. The van der Waals surface area contributed by atoms with Crippen LogP contribution in [0.25, 0.3) is 0 Å². The minimum absolute atomic E-state index is 0.0539. The van der Waals surface area contributed by atoms with Gasteiger partial charge < -0.3 is 19.3 Å². The molecule has 2 rings (SSSR count). The number of likely N-dealkylation sites (N-methyl/N-ethyl adjacent to an activating group) is 1. The highest BCUT2D eigenvalue weighted by atomic mass is 32.2. The maximum Gasteiger partial charge on any atom is 0.326 e. The summed E-state index contributed by atoms with van der Waals surface area (Å²) >= 11 is 0. The van der Waals surface area contributed by atoms with Crippen molar-refractivity contribution in [2.45, 2.75) is 38.2 Å². The lowest BCUT2D eigenvalue weighted by atomic mass is 10.1. The van der Waals surface area contributed by atoms with Crippen LogP contribution in [0.3, 0.4) is 0 Å². The molecular formula is C22H35N3O6S. The molecule has 0 aromatic heterocycles. The Morgan fingerprint density at radius 2 is 1.75 bits per heavy atom. The lowest BCUT2D eigenvalue weighted by Crippen LogP contribution is -2.42. The Morgan fingerprint density at radius 1 is 1.12 bits per heavy atom. The van der Waals surface area contributed by atoms with Crippen LogP contribution in [0.1, 0.15) is 36.7 Å². The molecular weight excluding hydrogens is 434 g/mol. The summed E-state index contributed by atoms with van der Waals surface area (Å²) in [6, 6.07) is 4.54. The van der Waals surface area contributed by atoms with Gasteiger partial charge in [0.1, 0.15) is 12.1 Å². The van der Waals surface area contributed by atoms with Gasteiger partial charge in [-0.2, -0.15) is 4.31 Å². The number of rotatable bonds is 8. The number of aryl methyl sites for hydroxylation is 1. The van der Waals surface area contributed by atoms with Gasteiger partial charge in [0.25, 0.3) is 5.91 Å². The van der Waals surface area contributed by atoms with Crippen LogP contribution in [0.15, 0.2) is 23.1 Å². The van der Waals surface area contributed by atoms with Crippen molar-refractivity contribution in [1.29, 1.82) is 0 Å². The maximum atomic E-state index is 13.4. The van der Waals surface area contributed by atoms with E-state index >= 15 is 0 Å². The Morgan fingerprint density at radius 3 is 2.31 bits per heavy atom. The second-order valence-electron chi connectivity index (χ2n) is 9.11. The fourth-order valence-corrected chi connectivity index (χ4v) is 4.64. The molecule has 0 saturated carbocycles. The fourth-order valence-electron chi connectivity index (χ4n) is 3.20. The molecule has 0 aliphatic carbocycles. The second kappa shape index (κ2) is 10.7. The standard InChI is InChI=1S/C22H35N3O6S/c1-17-7-8-18(32(28,29)25-11-13-30-14-12-25)15-19(17)21(27)24(10-9-23(5)6)16-20(26)31-22(2,3)4/h7-8,15H,9-14,16H2,1-6H3. The van der Waals surface area contributed by atoms with Gasteiger partial charge in [-0.1, -0.05) is 6.07 Å². The summed E-state index contributed by atoms with van der Waals surface area (Å²) in [7, 11) is -0.00670. The highest BCUT2D eigenvalue weighted by molar-refractivity contribution is 7.89. The van der Waals surface area contributed by atoms with Crippen molar-refractivity contribution < 1.29 is 27.5 Å². The molecule has 0 atom stereocenters. The number of esters is 1. The predicted octanol–water partition coefficient (Wildman–Crippen LogP) is 1.36. The number of nitrogens with zero attached hydrogens (tertiary/aromatic N) is 3. The molecule has 0 radical (unpaired) electrons. The average molecular weight is 470 g/mol. The van der Waals surface area contributed by atoms with E-state index in [0.29, 0.717) is 31.9 Å². The molecule has 1 aromatic carbocycles. The van der Waals surface area contributed by atoms with Crippen molar-refractivity contribution in [3.63, 3.8) is 0 Å². The molecule has 1 heterocycles. The third-order valence-corrected chi connectivity index (χ3v) is 6.79. The Bertz CT molecular complexity index is 918. The van der Waals surface area contributed by atoms with Gasteiger partial charge in [0.05, 0.1) is 18.1 Å². The normalized spacial score (nSPS) is 15.6. The smallest absolute Gasteiger partial charge is 0.326 e. The summed E-state index contributed by atoms with van der Waals surface area (Å²) < 4.78 is 38.1. The molecule has 1 saturated heterocycles. The Hall–Kier alpha value is -2.01. The molecule has 0 spiro atoms. The van der Waals surface area contributed by atoms with Crippen LogP contribution in [0.5, 0.6) is 0 Å². The van der Waals surface area contributed by atoms with Gasteiger partial charge in [-0.15, -0.1) is 0 Å². The predicted molar refractivity (Wildman–Crippen MR) is 121 cm³/mol. The number of benzene rings is 1. The summed E-state index contributed by atoms with van der Waals surface area (Å²) in [6.07, 6.45) is 0. The maximum absolute atomic E-state index is 13.4. The average Bonchev–Trinajstić information content (AvgIpc) is 2.70. The topological polar surface area (TPSA) is 96.5 Å². The Kier molecular flexibility index (Phi) is 8.81. The summed E-state index contributed by atoms with van der Waals surface area (Å²) in [5.74, 6) is -0.923. The summed E-state index contributed by atoms with van der Waals surface area (Å²) in [5, 5.41) is 0. The first-order chi connectivity index (χ1) is 14.8. The Labute approximate surface area is 191 Å². The fraction of sp³-hybridized carbons (Fsp3) is 0.636. The van der Waals surface area contributed by atoms with Gasteiger partial charge in [-0.3, -0.25) is 9.59 Å². The molecule has 1 aromatic rings. The van der Waals surface area contributed by atoms with Crippen molar-refractivity contribution in [1.82, 2.24) is 14.1 Å². The van der Waals surface area contributed by atoms with Crippen LogP contribution in [-0.2, 0) is 24.3 Å². The van der Waals surface area contributed by atoms with Crippen molar-refractivity contribution in [2.75, 3.05) is 60.0 Å². The van der Waals surface area contributed by atoms with E-state index in [1.807, 2.05) is 19.0 Å². The molecule has 180 valence electrons. The molecule has 1 fully saturated rings. The number of hydrogen-bond acceptors (Lipinski definition) is 7. The zero-order chi connectivity index (χ0) is 24.1. The van der Waals surface area contributed by atoms with Crippen molar-refractivity contribution >= 4 is 21.9 Å². The van der Waals surface area contributed by atoms with Gasteiger partial charge in [-0.05, 0) is 59.5 Å². The van der Waals surface area contributed by atoms with Crippen LogP contribution in [0.2, 0.25) is 0 Å². The number of ether oxygens (including phenoxy) is 2. The molecule has 9 nitrogen and oxygen atoms in total. The van der Waals surface area contributed by atoms with E-state index in [0.717, 1.165) is 0 Å². The minimum atomic E-state index is -3.75. The summed E-state index contributed by atoms with van der Waals surface area (Å²) in [4.78, 5) is 29.2. The minimum Gasteiger partial charge on any atom is -0.459 e. The lowest BCUT2D eigenvalue weighted by Gasteiger charge is -2.28. The van der Waals surface area contributed by atoms with Crippen LogP contribution < -0.4 is 0 Å². The molecule has 1 aliphatic heterocycles. The monoisotopic (exact) mass is 469 g/mol. The number of carbonyl (C=O) groups is 2. The SMILES string of the molecule is Cc1ccc(S(=O)(=O)N2CCOCC2)cc1C(=O)N(CCN(C)C)CC(=O)OC(C)(C)C. The van der Waals surface area contributed by atoms with Gasteiger partial charge in [0, 0.05) is 31.7 Å². The third-order valence-electron chi connectivity index (χ3n) is 4.89. The van der Waals surface area contributed by atoms with Crippen LogP contribution in [-0.4, -0.2) is 100 Å². The zero-order valence-corrected chi connectivity index (χ0v) is 20.7. The van der Waals surface area contributed by atoms with E-state index in [2.05, 4.69) is 0 Å². The molecule has 1 amide bonds. The van der Waals surface area contributed by atoms with Crippen molar-refractivity contribution in [3.8, 4) is 0 Å².